The third-order valence-corrected chi connectivity index (χ3v) is 3.91. The lowest BCUT2D eigenvalue weighted by Crippen LogP contribution is -2.32. The van der Waals surface area contributed by atoms with E-state index in [0.29, 0.717) is 25.2 Å². The van der Waals surface area contributed by atoms with E-state index >= 15 is 0 Å². The summed E-state index contributed by atoms with van der Waals surface area (Å²) in [5, 5.41) is 2.74. The van der Waals surface area contributed by atoms with E-state index in [4.69, 9.17) is 0 Å². The van der Waals surface area contributed by atoms with Crippen LogP contribution < -0.4 is 5.32 Å². The van der Waals surface area contributed by atoms with E-state index < -0.39 is 18.5 Å². The van der Waals surface area contributed by atoms with Gasteiger partial charge in [-0.3, -0.25) is 9.69 Å². The number of alkyl halides is 3. The maximum Gasteiger partial charge on any atom is 0.389 e. The Labute approximate surface area is 129 Å². The van der Waals surface area contributed by atoms with Crippen LogP contribution >= 0.6 is 15.9 Å². The van der Waals surface area contributed by atoms with Crippen molar-refractivity contribution in [3.05, 3.63) is 28.7 Å². The molecule has 7 heteroatoms. The van der Waals surface area contributed by atoms with Gasteiger partial charge in [0.1, 0.15) is 0 Å². The minimum atomic E-state index is -4.12. The van der Waals surface area contributed by atoms with Crippen molar-refractivity contribution in [1.82, 2.24) is 4.90 Å². The maximum absolute atomic E-state index is 12.3. The van der Waals surface area contributed by atoms with Crippen LogP contribution in [0, 0.1) is 5.92 Å². The Kier molecular flexibility index (Phi) is 5.27. The van der Waals surface area contributed by atoms with Crippen LogP contribution in [-0.2, 0) is 4.79 Å². The van der Waals surface area contributed by atoms with Crippen LogP contribution in [0.2, 0.25) is 0 Å². The number of rotatable bonds is 4. The van der Waals surface area contributed by atoms with Crippen LogP contribution in [0.3, 0.4) is 0 Å². The van der Waals surface area contributed by atoms with E-state index in [0.717, 1.165) is 4.47 Å². The first kappa shape index (κ1) is 16.3. The summed E-state index contributed by atoms with van der Waals surface area (Å²) in [6.45, 7) is 0.992. The number of likely N-dealkylation sites (tertiary alicyclic amines) is 1. The lowest BCUT2D eigenvalue weighted by Gasteiger charge is -2.16. The highest BCUT2D eigenvalue weighted by atomic mass is 79.9. The van der Waals surface area contributed by atoms with Crippen molar-refractivity contribution in [2.45, 2.75) is 19.0 Å². The fraction of sp³-hybridized carbons (Fsp3) is 0.500. The molecule has 3 nitrogen and oxygen atoms in total. The van der Waals surface area contributed by atoms with E-state index in [2.05, 4.69) is 21.2 Å². The van der Waals surface area contributed by atoms with Gasteiger partial charge in [0.2, 0.25) is 5.91 Å². The number of amides is 1. The molecule has 0 bridgehead atoms. The average molecular weight is 365 g/mol. The minimum absolute atomic E-state index is 0.129. The van der Waals surface area contributed by atoms with Crippen LogP contribution in [0.15, 0.2) is 28.7 Å². The van der Waals surface area contributed by atoms with Gasteiger partial charge in [0.15, 0.2) is 0 Å². The zero-order valence-corrected chi connectivity index (χ0v) is 12.9. The van der Waals surface area contributed by atoms with Gasteiger partial charge in [-0.1, -0.05) is 15.9 Å². The molecule has 1 amide bonds. The molecule has 0 aromatic heterocycles. The number of halogens is 4. The first-order valence-electron chi connectivity index (χ1n) is 6.66. The second-order valence-corrected chi connectivity index (χ2v) is 6.18. The Bertz CT molecular complexity index is 490. The third kappa shape index (κ3) is 5.67. The fourth-order valence-corrected chi connectivity index (χ4v) is 2.75. The molecule has 1 fully saturated rings. The van der Waals surface area contributed by atoms with Crippen LogP contribution in [0.25, 0.3) is 0 Å². The number of hydrogen-bond donors (Lipinski definition) is 1. The van der Waals surface area contributed by atoms with Gasteiger partial charge < -0.3 is 5.32 Å². The van der Waals surface area contributed by atoms with Gasteiger partial charge in [-0.25, -0.2) is 0 Å². The van der Waals surface area contributed by atoms with Crippen molar-refractivity contribution in [2.75, 3.05) is 25.0 Å². The van der Waals surface area contributed by atoms with E-state index in [1.807, 2.05) is 12.1 Å². The number of hydrogen-bond acceptors (Lipinski definition) is 2. The van der Waals surface area contributed by atoms with Crippen LogP contribution in [0.1, 0.15) is 12.8 Å². The Morgan fingerprint density at radius 1 is 1.33 bits per heavy atom. The summed E-state index contributed by atoms with van der Waals surface area (Å²) in [7, 11) is 0. The summed E-state index contributed by atoms with van der Waals surface area (Å²) in [5.74, 6) is -0.601. The van der Waals surface area contributed by atoms with Gasteiger partial charge in [-0.05, 0) is 43.1 Å². The van der Waals surface area contributed by atoms with Gasteiger partial charge in [-0.2, -0.15) is 13.2 Å². The summed E-state index contributed by atoms with van der Waals surface area (Å²) in [6, 6.07) is 7.15. The monoisotopic (exact) mass is 364 g/mol. The normalized spacial score (nSPS) is 19.7. The van der Waals surface area contributed by atoms with Crippen LogP contribution in [0.5, 0.6) is 0 Å². The molecule has 0 radical (unpaired) electrons. The second kappa shape index (κ2) is 6.79. The molecule has 1 saturated heterocycles. The number of carbonyl (C=O) groups excluding carboxylic acids is 1. The molecule has 21 heavy (non-hydrogen) atoms. The summed E-state index contributed by atoms with van der Waals surface area (Å²) in [6.07, 6.45) is -4.40. The van der Waals surface area contributed by atoms with Crippen molar-refractivity contribution in [3.63, 3.8) is 0 Å². The van der Waals surface area contributed by atoms with Crippen molar-refractivity contribution in [3.8, 4) is 0 Å². The highest BCUT2D eigenvalue weighted by molar-refractivity contribution is 9.10. The molecule has 116 valence electrons. The Morgan fingerprint density at radius 2 is 2.00 bits per heavy atom. The van der Waals surface area contributed by atoms with Gasteiger partial charge >= 0.3 is 6.18 Å². The van der Waals surface area contributed by atoms with Gasteiger partial charge in [-0.15, -0.1) is 0 Å². The van der Waals surface area contributed by atoms with E-state index in [-0.39, 0.29) is 12.5 Å². The number of anilines is 1. The SMILES string of the molecule is O=C(CN1CCC(CC(F)(F)F)C1)Nc1ccc(Br)cc1. The van der Waals surface area contributed by atoms with Gasteiger partial charge in [0, 0.05) is 23.1 Å². The Morgan fingerprint density at radius 3 is 2.62 bits per heavy atom. The van der Waals surface area contributed by atoms with Gasteiger partial charge in [0.25, 0.3) is 0 Å². The molecule has 1 aromatic carbocycles. The summed E-state index contributed by atoms with van der Waals surface area (Å²) in [4.78, 5) is 13.6. The fourth-order valence-electron chi connectivity index (χ4n) is 2.49. The number of nitrogens with one attached hydrogen (secondary N) is 1. The van der Waals surface area contributed by atoms with E-state index in [1.54, 1.807) is 17.0 Å². The van der Waals surface area contributed by atoms with Crippen molar-refractivity contribution < 1.29 is 18.0 Å². The highest BCUT2D eigenvalue weighted by Gasteiger charge is 2.35. The molecule has 1 aromatic rings. The number of benzene rings is 1. The zero-order chi connectivity index (χ0) is 15.5. The predicted molar refractivity (Wildman–Crippen MR) is 78.0 cm³/mol. The first-order valence-corrected chi connectivity index (χ1v) is 7.45. The predicted octanol–water partition coefficient (Wildman–Crippen LogP) is 3.66. The second-order valence-electron chi connectivity index (χ2n) is 5.26. The Hall–Kier alpha value is -1.08. The smallest absolute Gasteiger partial charge is 0.325 e. The first-order chi connectivity index (χ1) is 9.82. The standard InChI is InChI=1S/C14H16BrF3N2O/c15-11-1-3-12(4-2-11)19-13(21)9-20-6-5-10(8-20)7-14(16,17)18/h1-4,10H,5-9H2,(H,19,21). The summed E-state index contributed by atoms with van der Waals surface area (Å²) in [5.41, 5.74) is 0.675. The maximum atomic E-state index is 12.3. The third-order valence-electron chi connectivity index (χ3n) is 3.39. The highest BCUT2D eigenvalue weighted by Crippen LogP contribution is 2.30. The molecule has 0 aliphatic carbocycles. The van der Waals surface area contributed by atoms with Crippen molar-refractivity contribution in [1.29, 1.82) is 0 Å². The molecule has 1 N–H and O–H groups in total. The van der Waals surface area contributed by atoms with Crippen LogP contribution in [0.4, 0.5) is 18.9 Å². The molecular formula is C14H16BrF3N2O. The topological polar surface area (TPSA) is 32.3 Å². The minimum Gasteiger partial charge on any atom is -0.325 e. The largest absolute Gasteiger partial charge is 0.389 e. The molecule has 1 atom stereocenters. The number of carbonyl (C=O) groups is 1. The average Bonchev–Trinajstić information content (AvgIpc) is 2.77. The lowest BCUT2D eigenvalue weighted by atomic mass is 10.1. The number of nitrogens with zero attached hydrogens (tertiary/aromatic N) is 1. The van der Waals surface area contributed by atoms with E-state index in [1.165, 1.54) is 0 Å². The summed E-state index contributed by atoms with van der Waals surface area (Å²) < 4.78 is 37.9. The quantitative estimate of drug-likeness (QED) is 0.883. The lowest BCUT2D eigenvalue weighted by molar-refractivity contribution is -0.143. The molecule has 0 saturated carbocycles. The Balaban J connectivity index is 1.77. The molecule has 1 aliphatic heterocycles. The molecule has 1 aliphatic rings. The molecule has 1 unspecified atom stereocenters. The molecule has 2 rings (SSSR count). The summed E-state index contributed by atoms with van der Waals surface area (Å²) >= 11 is 3.30. The molecular weight excluding hydrogens is 349 g/mol. The van der Waals surface area contributed by atoms with Crippen molar-refractivity contribution in [2.24, 2.45) is 5.92 Å². The van der Waals surface area contributed by atoms with Gasteiger partial charge in [0.05, 0.1) is 6.54 Å². The molecule has 0 spiro atoms. The van der Waals surface area contributed by atoms with Crippen molar-refractivity contribution >= 4 is 27.5 Å². The zero-order valence-electron chi connectivity index (χ0n) is 11.3. The van der Waals surface area contributed by atoms with E-state index in [9.17, 15) is 18.0 Å². The molecule has 1 heterocycles. The van der Waals surface area contributed by atoms with Crippen LogP contribution in [-0.4, -0.2) is 36.6 Å².